The summed E-state index contributed by atoms with van der Waals surface area (Å²) in [6, 6.07) is 10.3. The molecule has 2 heterocycles. The molecule has 4 heteroatoms. The minimum atomic E-state index is 0.331. The van der Waals surface area contributed by atoms with E-state index in [0.29, 0.717) is 5.92 Å². The van der Waals surface area contributed by atoms with Crippen molar-refractivity contribution in [3.63, 3.8) is 0 Å². The number of fused-ring (bicyclic) bond motifs is 1. The summed E-state index contributed by atoms with van der Waals surface area (Å²) in [4.78, 5) is 9.63. The molecule has 3 aromatic rings. The topological polar surface area (TPSA) is 30.7 Å². The van der Waals surface area contributed by atoms with E-state index in [4.69, 9.17) is 9.97 Å². The fourth-order valence-corrected chi connectivity index (χ4v) is 2.86. The number of aromatic nitrogens is 3. The van der Waals surface area contributed by atoms with Gasteiger partial charge < -0.3 is 0 Å². The molecule has 0 saturated heterocycles. The first kappa shape index (κ1) is 14.3. The molecule has 108 valence electrons. The van der Waals surface area contributed by atoms with E-state index in [0.717, 1.165) is 38.4 Å². The number of aryl methyl sites for hydroxylation is 2. The van der Waals surface area contributed by atoms with Gasteiger partial charge in [0.05, 0.1) is 5.69 Å². The smallest absolute Gasteiger partial charge is 0.165 e. The number of hydrogen-bond acceptors (Lipinski definition) is 2. The quantitative estimate of drug-likeness (QED) is 0.660. The SMILES string of the molecule is Cc1nc2c(nc(C(C)C)n2-c2ccccc2)c(C)c1Br. The number of hydrogen-bond donors (Lipinski definition) is 0. The Labute approximate surface area is 133 Å². The molecule has 3 nitrogen and oxygen atoms in total. The van der Waals surface area contributed by atoms with Crippen LogP contribution in [0.1, 0.15) is 36.8 Å². The van der Waals surface area contributed by atoms with Gasteiger partial charge in [-0.05, 0) is 47.5 Å². The zero-order valence-corrected chi connectivity index (χ0v) is 14.3. The zero-order chi connectivity index (χ0) is 15.1. The van der Waals surface area contributed by atoms with Gasteiger partial charge in [-0.1, -0.05) is 32.0 Å². The number of rotatable bonds is 2. The van der Waals surface area contributed by atoms with E-state index in [9.17, 15) is 0 Å². The molecule has 3 rings (SSSR count). The molecule has 0 spiro atoms. The van der Waals surface area contributed by atoms with Crippen LogP contribution < -0.4 is 0 Å². The maximum absolute atomic E-state index is 4.86. The maximum atomic E-state index is 4.86. The highest BCUT2D eigenvalue weighted by atomic mass is 79.9. The maximum Gasteiger partial charge on any atom is 0.165 e. The second-order valence-corrected chi connectivity index (χ2v) is 6.40. The summed E-state index contributed by atoms with van der Waals surface area (Å²) in [5, 5.41) is 0. The van der Waals surface area contributed by atoms with Crippen molar-refractivity contribution in [2.45, 2.75) is 33.6 Å². The van der Waals surface area contributed by atoms with Gasteiger partial charge in [0.1, 0.15) is 11.3 Å². The molecule has 21 heavy (non-hydrogen) atoms. The summed E-state index contributed by atoms with van der Waals surface area (Å²) in [6.45, 7) is 8.44. The first-order chi connectivity index (χ1) is 10.0. The Bertz CT molecular complexity index is 804. The average molecular weight is 344 g/mol. The highest BCUT2D eigenvalue weighted by Gasteiger charge is 2.19. The van der Waals surface area contributed by atoms with Gasteiger partial charge in [-0.15, -0.1) is 0 Å². The Balaban J connectivity index is 2.44. The lowest BCUT2D eigenvalue weighted by Gasteiger charge is -2.11. The number of para-hydroxylation sites is 1. The number of nitrogens with zero attached hydrogens (tertiary/aromatic N) is 3. The van der Waals surface area contributed by atoms with Crippen molar-refractivity contribution >= 4 is 27.1 Å². The lowest BCUT2D eigenvalue weighted by atomic mass is 10.2. The molecule has 0 fully saturated rings. The van der Waals surface area contributed by atoms with Crippen LogP contribution in [0.15, 0.2) is 34.8 Å². The molecular weight excluding hydrogens is 326 g/mol. The molecule has 0 radical (unpaired) electrons. The number of halogens is 1. The van der Waals surface area contributed by atoms with Gasteiger partial charge in [0.25, 0.3) is 0 Å². The Morgan fingerprint density at radius 2 is 1.71 bits per heavy atom. The highest BCUT2D eigenvalue weighted by Crippen LogP contribution is 2.31. The Morgan fingerprint density at radius 3 is 2.33 bits per heavy atom. The molecule has 0 atom stereocenters. The van der Waals surface area contributed by atoms with E-state index >= 15 is 0 Å². The van der Waals surface area contributed by atoms with Gasteiger partial charge in [0, 0.05) is 16.1 Å². The van der Waals surface area contributed by atoms with Crippen LogP contribution in [-0.4, -0.2) is 14.5 Å². The number of pyridine rings is 1. The van der Waals surface area contributed by atoms with Crippen LogP contribution >= 0.6 is 15.9 Å². The zero-order valence-electron chi connectivity index (χ0n) is 12.7. The van der Waals surface area contributed by atoms with Crippen LogP contribution in [0, 0.1) is 13.8 Å². The van der Waals surface area contributed by atoms with Crippen LogP contribution in [-0.2, 0) is 0 Å². The van der Waals surface area contributed by atoms with Gasteiger partial charge >= 0.3 is 0 Å². The van der Waals surface area contributed by atoms with E-state index in [2.05, 4.69) is 53.4 Å². The molecule has 1 aromatic carbocycles. The van der Waals surface area contributed by atoms with Gasteiger partial charge in [-0.3, -0.25) is 4.57 Å². The summed E-state index contributed by atoms with van der Waals surface area (Å²) < 4.78 is 3.22. The Hall–Kier alpha value is -1.68. The van der Waals surface area contributed by atoms with Crippen LogP contribution in [0.25, 0.3) is 16.9 Å². The lowest BCUT2D eigenvalue weighted by molar-refractivity contribution is 0.757. The lowest BCUT2D eigenvalue weighted by Crippen LogP contribution is -2.04. The Kier molecular flexibility index (Phi) is 3.57. The van der Waals surface area contributed by atoms with Crippen LogP contribution in [0.2, 0.25) is 0 Å². The molecule has 2 aromatic heterocycles. The van der Waals surface area contributed by atoms with Crippen molar-refractivity contribution in [1.82, 2.24) is 14.5 Å². The molecule has 0 aliphatic rings. The van der Waals surface area contributed by atoms with Gasteiger partial charge in [0.2, 0.25) is 0 Å². The second kappa shape index (κ2) is 5.26. The van der Waals surface area contributed by atoms with Crippen LogP contribution in [0.4, 0.5) is 0 Å². The fourth-order valence-electron chi connectivity index (χ4n) is 2.59. The van der Waals surface area contributed by atoms with E-state index < -0.39 is 0 Å². The van der Waals surface area contributed by atoms with Gasteiger partial charge in [0.15, 0.2) is 5.65 Å². The van der Waals surface area contributed by atoms with Gasteiger partial charge in [-0.25, -0.2) is 9.97 Å². The standard InChI is InChI=1S/C17H18BrN3/c1-10(2)16-20-15-11(3)14(18)12(4)19-17(15)21(16)13-8-6-5-7-9-13/h5-10H,1-4H3. The average Bonchev–Trinajstić information content (AvgIpc) is 2.85. The van der Waals surface area contributed by atoms with Crippen molar-refractivity contribution in [3.8, 4) is 5.69 Å². The molecule has 0 unspecified atom stereocenters. The fraction of sp³-hybridized carbons (Fsp3) is 0.294. The first-order valence-corrected chi connectivity index (χ1v) is 7.90. The highest BCUT2D eigenvalue weighted by molar-refractivity contribution is 9.10. The molecule has 0 bridgehead atoms. The predicted octanol–water partition coefficient (Wildman–Crippen LogP) is 4.92. The molecular formula is C17H18BrN3. The van der Waals surface area contributed by atoms with E-state index in [1.54, 1.807) is 0 Å². The minimum Gasteiger partial charge on any atom is -0.280 e. The molecule has 0 saturated carbocycles. The van der Waals surface area contributed by atoms with Crippen molar-refractivity contribution in [1.29, 1.82) is 0 Å². The largest absolute Gasteiger partial charge is 0.280 e. The third-order valence-corrected chi connectivity index (χ3v) is 4.85. The van der Waals surface area contributed by atoms with E-state index in [-0.39, 0.29) is 0 Å². The summed E-state index contributed by atoms with van der Waals surface area (Å²) in [6.07, 6.45) is 0. The molecule has 0 N–H and O–H groups in total. The van der Waals surface area contributed by atoms with Gasteiger partial charge in [-0.2, -0.15) is 0 Å². The molecule has 0 aliphatic carbocycles. The number of benzene rings is 1. The third kappa shape index (κ3) is 2.27. The normalized spacial score (nSPS) is 11.5. The van der Waals surface area contributed by atoms with E-state index in [1.807, 2.05) is 25.1 Å². The third-order valence-electron chi connectivity index (χ3n) is 3.69. The Morgan fingerprint density at radius 1 is 1.05 bits per heavy atom. The van der Waals surface area contributed by atoms with Crippen LogP contribution in [0.3, 0.4) is 0 Å². The summed E-state index contributed by atoms with van der Waals surface area (Å²) in [7, 11) is 0. The van der Waals surface area contributed by atoms with Crippen LogP contribution in [0.5, 0.6) is 0 Å². The molecule has 0 amide bonds. The summed E-state index contributed by atoms with van der Waals surface area (Å²) in [5.41, 5.74) is 5.15. The van der Waals surface area contributed by atoms with Crippen molar-refractivity contribution in [3.05, 3.63) is 51.9 Å². The summed E-state index contributed by atoms with van der Waals surface area (Å²) in [5.74, 6) is 1.38. The first-order valence-electron chi connectivity index (χ1n) is 7.11. The predicted molar refractivity (Wildman–Crippen MR) is 90.1 cm³/mol. The summed E-state index contributed by atoms with van der Waals surface area (Å²) >= 11 is 3.62. The van der Waals surface area contributed by atoms with Crippen molar-refractivity contribution in [2.24, 2.45) is 0 Å². The second-order valence-electron chi connectivity index (χ2n) is 5.60. The molecule has 0 aliphatic heterocycles. The number of imidazole rings is 1. The minimum absolute atomic E-state index is 0.331. The van der Waals surface area contributed by atoms with Crippen molar-refractivity contribution in [2.75, 3.05) is 0 Å². The monoisotopic (exact) mass is 343 g/mol. The van der Waals surface area contributed by atoms with E-state index in [1.165, 1.54) is 0 Å². The van der Waals surface area contributed by atoms with Crippen molar-refractivity contribution < 1.29 is 0 Å².